The lowest BCUT2D eigenvalue weighted by molar-refractivity contribution is 0.168. The molecule has 1 aromatic carbocycles. The van der Waals surface area contributed by atoms with Crippen LogP contribution in [0, 0.1) is 5.82 Å². The van der Waals surface area contributed by atoms with Crippen LogP contribution in [0.4, 0.5) is 4.39 Å². The van der Waals surface area contributed by atoms with Gasteiger partial charge in [0.1, 0.15) is 5.82 Å². The molecule has 1 aromatic rings. The molecule has 0 aromatic heterocycles. The average Bonchev–Trinajstić information content (AvgIpc) is 2.30. The average molecular weight is 290 g/mol. The van der Waals surface area contributed by atoms with Crippen LogP contribution in [0.1, 0.15) is 25.8 Å². The predicted octanol–water partition coefficient (Wildman–Crippen LogP) is 2.84. The van der Waals surface area contributed by atoms with Crippen LogP contribution in [0.5, 0.6) is 0 Å². The fourth-order valence-corrected chi connectivity index (χ4v) is 1.69. The van der Waals surface area contributed by atoms with Gasteiger partial charge in [0.15, 0.2) is 0 Å². The highest BCUT2D eigenvalue weighted by Crippen LogP contribution is 2.17. The fourth-order valence-electron chi connectivity index (χ4n) is 1.28. The van der Waals surface area contributed by atoms with E-state index in [0.29, 0.717) is 12.1 Å². The van der Waals surface area contributed by atoms with Gasteiger partial charge in [0.05, 0.1) is 6.61 Å². The number of hydrogen-bond acceptors (Lipinski definition) is 2. The normalized spacial score (nSPS) is 14.8. The predicted molar refractivity (Wildman–Crippen MR) is 66.7 cm³/mol. The van der Waals surface area contributed by atoms with E-state index in [0.717, 1.165) is 10.9 Å². The molecular formula is C12H17BrFNO. The number of nitrogens with one attached hydrogen (secondary N) is 1. The summed E-state index contributed by atoms with van der Waals surface area (Å²) in [6.45, 7) is 4.36. The molecule has 0 radical (unpaired) electrons. The molecule has 0 saturated carbocycles. The van der Waals surface area contributed by atoms with E-state index >= 15 is 0 Å². The van der Waals surface area contributed by atoms with Gasteiger partial charge in [0.2, 0.25) is 0 Å². The zero-order valence-corrected chi connectivity index (χ0v) is 11.1. The maximum atomic E-state index is 13.4. The van der Waals surface area contributed by atoms with Gasteiger partial charge in [0.25, 0.3) is 0 Å². The van der Waals surface area contributed by atoms with E-state index in [1.807, 2.05) is 13.8 Å². The highest BCUT2D eigenvalue weighted by Gasteiger charge is 2.20. The Kier molecular flexibility index (Phi) is 4.89. The fraction of sp³-hybridized carbons (Fsp3) is 0.500. The van der Waals surface area contributed by atoms with E-state index in [9.17, 15) is 9.50 Å². The molecule has 2 nitrogen and oxygen atoms in total. The first kappa shape index (κ1) is 13.6. The molecule has 16 heavy (non-hydrogen) atoms. The number of halogens is 2. The summed E-state index contributed by atoms with van der Waals surface area (Å²) in [7, 11) is 0. The Bertz CT molecular complexity index is 353. The highest BCUT2D eigenvalue weighted by atomic mass is 79.9. The summed E-state index contributed by atoms with van der Waals surface area (Å²) in [6.07, 6.45) is 0.791. The van der Waals surface area contributed by atoms with Crippen molar-refractivity contribution in [3.8, 4) is 0 Å². The molecule has 1 atom stereocenters. The Morgan fingerprint density at radius 2 is 2.19 bits per heavy atom. The van der Waals surface area contributed by atoms with E-state index in [1.165, 1.54) is 6.07 Å². The molecule has 2 N–H and O–H groups in total. The monoisotopic (exact) mass is 289 g/mol. The van der Waals surface area contributed by atoms with Gasteiger partial charge in [-0.25, -0.2) is 4.39 Å². The first-order valence-electron chi connectivity index (χ1n) is 5.30. The minimum absolute atomic E-state index is 0.0408. The molecule has 0 heterocycles. The van der Waals surface area contributed by atoms with Crippen molar-refractivity contribution in [1.82, 2.24) is 5.32 Å². The van der Waals surface area contributed by atoms with Gasteiger partial charge in [-0.05, 0) is 31.5 Å². The molecular weight excluding hydrogens is 273 g/mol. The zero-order chi connectivity index (χ0) is 12.2. The lowest BCUT2D eigenvalue weighted by Gasteiger charge is -2.27. The molecule has 4 heteroatoms. The number of aliphatic hydroxyl groups is 1. The van der Waals surface area contributed by atoms with E-state index in [4.69, 9.17) is 0 Å². The third kappa shape index (κ3) is 3.54. The van der Waals surface area contributed by atoms with Crippen LogP contribution in [-0.2, 0) is 6.54 Å². The molecule has 1 unspecified atom stereocenters. The second-order valence-electron chi connectivity index (χ2n) is 4.16. The van der Waals surface area contributed by atoms with Crippen molar-refractivity contribution in [2.24, 2.45) is 0 Å². The summed E-state index contributed by atoms with van der Waals surface area (Å²) >= 11 is 3.31. The second kappa shape index (κ2) is 5.75. The Morgan fingerprint density at radius 1 is 1.50 bits per heavy atom. The molecule has 0 bridgehead atoms. The highest BCUT2D eigenvalue weighted by molar-refractivity contribution is 9.10. The van der Waals surface area contributed by atoms with Crippen LogP contribution < -0.4 is 5.32 Å². The molecule has 0 saturated heterocycles. The lowest BCUT2D eigenvalue weighted by atomic mass is 10.00. The summed E-state index contributed by atoms with van der Waals surface area (Å²) in [4.78, 5) is 0. The Hall–Kier alpha value is -0.450. The van der Waals surface area contributed by atoms with Crippen LogP contribution in [-0.4, -0.2) is 17.3 Å². The topological polar surface area (TPSA) is 32.3 Å². The van der Waals surface area contributed by atoms with Crippen molar-refractivity contribution < 1.29 is 9.50 Å². The minimum atomic E-state index is -0.352. The summed E-state index contributed by atoms with van der Waals surface area (Å²) in [6, 6.07) is 4.85. The molecule has 0 fully saturated rings. The summed E-state index contributed by atoms with van der Waals surface area (Å²) < 4.78 is 14.3. The zero-order valence-electron chi connectivity index (χ0n) is 9.56. The van der Waals surface area contributed by atoms with Crippen LogP contribution in [0.15, 0.2) is 22.7 Å². The largest absolute Gasteiger partial charge is 0.394 e. The number of benzene rings is 1. The van der Waals surface area contributed by atoms with Crippen LogP contribution in [0.3, 0.4) is 0 Å². The first-order valence-corrected chi connectivity index (χ1v) is 6.10. The first-order chi connectivity index (χ1) is 7.50. The summed E-state index contributed by atoms with van der Waals surface area (Å²) in [5.41, 5.74) is 0.247. The summed E-state index contributed by atoms with van der Waals surface area (Å²) in [5.74, 6) is -0.230. The van der Waals surface area contributed by atoms with E-state index in [2.05, 4.69) is 21.2 Å². The van der Waals surface area contributed by atoms with Gasteiger partial charge < -0.3 is 10.4 Å². The van der Waals surface area contributed by atoms with Crippen LogP contribution in [0.25, 0.3) is 0 Å². The smallest absolute Gasteiger partial charge is 0.127 e. The van der Waals surface area contributed by atoms with Gasteiger partial charge in [-0.3, -0.25) is 0 Å². The van der Waals surface area contributed by atoms with Gasteiger partial charge in [-0.2, -0.15) is 0 Å². The second-order valence-corrected chi connectivity index (χ2v) is 5.08. The van der Waals surface area contributed by atoms with E-state index in [1.54, 1.807) is 12.1 Å². The molecule has 0 aliphatic carbocycles. The molecule has 0 aliphatic rings. The van der Waals surface area contributed by atoms with Gasteiger partial charge in [-0.15, -0.1) is 0 Å². The van der Waals surface area contributed by atoms with Crippen molar-refractivity contribution in [2.45, 2.75) is 32.4 Å². The summed E-state index contributed by atoms with van der Waals surface area (Å²) in [5, 5.41) is 12.4. The number of rotatable bonds is 5. The molecule has 90 valence electrons. The maximum Gasteiger partial charge on any atom is 0.127 e. The number of hydrogen-bond donors (Lipinski definition) is 2. The lowest BCUT2D eigenvalue weighted by Crippen LogP contribution is -2.44. The van der Waals surface area contributed by atoms with Gasteiger partial charge in [-0.1, -0.05) is 22.9 Å². The van der Waals surface area contributed by atoms with Crippen molar-refractivity contribution in [3.63, 3.8) is 0 Å². The maximum absolute atomic E-state index is 13.4. The number of aliphatic hydroxyl groups excluding tert-OH is 1. The molecule has 1 rings (SSSR count). The SMILES string of the molecule is CCC(C)(CO)NCc1cc(Br)ccc1F. The Morgan fingerprint density at radius 3 is 2.75 bits per heavy atom. The van der Waals surface area contributed by atoms with Crippen LogP contribution in [0.2, 0.25) is 0 Å². The minimum Gasteiger partial charge on any atom is -0.394 e. The molecule has 0 amide bonds. The van der Waals surface area contributed by atoms with Crippen molar-refractivity contribution in [3.05, 3.63) is 34.1 Å². The van der Waals surface area contributed by atoms with Crippen molar-refractivity contribution in [2.75, 3.05) is 6.61 Å². The molecule has 0 aliphatic heterocycles. The van der Waals surface area contributed by atoms with Crippen LogP contribution >= 0.6 is 15.9 Å². The van der Waals surface area contributed by atoms with Gasteiger partial charge >= 0.3 is 0 Å². The van der Waals surface area contributed by atoms with Gasteiger partial charge in [0, 0.05) is 22.1 Å². The Balaban J connectivity index is 2.70. The third-order valence-electron chi connectivity index (χ3n) is 2.84. The van der Waals surface area contributed by atoms with E-state index < -0.39 is 0 Å². The van der Waals surface area contributed by atoms with Crippen molar-refractivity contribution >= 4 is 15.9 Å². The quantitative estimate of drug-likeness (QED) is 0.874. The standard InChI is InChI=1S/C12H17BrFNO/c1-3-12(2,8-16)15-7-9-6-10(13)4-5-11(9)14/h4-6,15-16H,3,7-8H2,1-2H3. The van der Waals surface area contributed by atoms with E-state index in [-0.39, 0.29) is 18.0 Å². The van der Waals surface area contributed by atoms with Crippen molar-refractivity contribution in [1.29, 1.82) is 0 Å². The Labute approximate surface area is 104 Å². The molecule has 0 spiro atoms. The third-order valence-corrected chi connectivity index (χ3v) is 3.34.